The summed E-state index contributed by atoms with van der Waals surface area (Å²) in [6, 6.07) is 4.03. The fourth-order valence-electron chi connectivity index (χ4n) is 1.26. The van der Waals surface area contributed by atoms with Crippen molar-refractivity contribution < 1.29 is 4.74 Å². The van der Waals surface area contributed by atoms with Gasteiger partial charge in [-0.15, -0.1) is 0 Å². The van der Waals surface area contributed by atoms with E-state index in [1.807, 2.05) is 26.8 Å². The summed E-state index contributed by atoms with van der Waals surface area (Å²) in [4.78, 5) is 4.41. The average molecular weight is 257 g/mol. The molecule has 0 saturated heterocycles. The van der Waals surface area contributed by atoms with Gasteiger partial charge in [-0.3, -0.25) is 0 Å². The van der Waals surface area contributed by atoms with E-state index in [-0.39, 0.29) is 5.60 Å². The van der Waals surface area contributed by atoms with Crippen molar-refractivity contribution in [2.24, 2.45) is 0 Å². The van der Waals surface area contributed by atoms with E-state index in [1.165, 1.54) is 0 Å². The highest BCUT2D eigenvalue weighted by Crippen LogP contribution is 2.21. The average Bonchev–Trinajstić information content (AvgIpc) is 2.16. The van der Waals surface area contributed by atoms with E-state index >= 15 is 0 Å². The monoisotopic (exact) mass is 256 g/mol. The van der Waals surface area contributed by atoms with Crippen LogP contribution in [-0.4, -0.2) is 16.6 Å². The molecule has 0 unspecified atom stereocenters. The first kappa shape index (κ1) is 14.3. The van der Waals surface area contributed by atoms with Crippen LogP contribution in [0.25, 0.3) is 0 Å². The Morgan fingerprint density at radius 1 is 1.35 bits per heavy atom. The van der Waals surface area contributed by atoms with Crippen molar-refractivity contribution in [3.63, 3.8) is 0 Å². The fourth-order valence-corrected chi connectivity index (χ4v) is 1.43. The van der Waals surface area contributed by atoms with Crippen molar-refractivity contribution in [2.75, 3.05) is 0 Å². The molecule has 96 valence electrons. The second kappa shape index (κ2) is 5.69. The quantitative estimate of drug-likeness (QED) is 0.897. The lowest BCUT2D eigenvalue weighted by molar-refractivity contribution is 0.124. The molecule has 3 nitrogen and oxygen atoms in total. The van der Waals surface area contributed by atoms with Gasteiger partial charge in [-0.25, -0.2) is 4.98 Å². The summed E-state index contributed by atoms with van der Waals surface area (Å²) in [5.74, 6) is 0.613. The highest BCUT2D eigenvalue weighted by atomic mass is 35.5. The molecule has 0 saturated carbocycles. The Kier molecular flexibility index (Phi) is 4.78. The molecule has 0 atom stereocenters. The Bertz CT molecular complexity index is 372. The van der Waals surface area contributed by atoms with Gasteiger partial charge in [0, 0.05) is 18.7 Å². The summed E-state index contributed by atoms with van der Waals surface area (Å²) >= 11 is 6.09. The number of pyridine rings is 1. The molecule has 1 aromatic rings. The molecular weight excluding hydrogens is 236 g/mol. The van der Waals surface area contributed by atoms with E-state index in [1.54, 1.807) is 6.07 Å². The Labute approximate surface area is 109 Å². The lowest BCUT2D eigenvalue weighted by Gasteiger charge is -2.21. The summed E-state index contributed by atoms with van der Waals surface area (Å²) in [6.45, 7) is 10.8. The maximum absolute atomic E-state index is 6.09. The van der Waals surface area contributed by atoms with Gasteiger partial charge in [0.1, 0.15) is 5.60 Å². The van der Waals surface area contributed by atoms with Crippen LogP contribution in [0.5, 0.6) is 5.88 Å². The van der Waals surface area contributed by atoms with Gasteiger partial charge < -0.3 is 10.1 Å². The van der Waals surface area contributed by atoms with E-state index < -0.39 is 0 Å². The van der Waals surface area contributed by atoms with Crippen molar-refractivity contribution >= 4 is 11.6 Å². The minimum absolute atomic E-state index is 0.246. The van der Waals surface area contributed by atoms with Gasteiger partial charge in [-0.05, 0) is 26.8 Å². The van der Waals surface area contributed by atoms with E-state index in [0.717, 1.165) is 5.69 Å². The Hall–Kier alpha value is -0.800. The van der Waals surface area contributed by atoms with Gasteiger partial charge in [0.2, 0.25) is 5.88 Å². The predicted octanol–water partition coefficient (Wildman–Crippen LogP) is 3.41. The van der Waals surface area contributed by atoms with Crippen LogP contribution in [0.15, 0.2) is 12.1 Å². The number of aromatic nitrogens is 1. The molecule has 1 aromatic heterocycles. The summed E-state index contributed by atoms with van der Waals surface area (Å²) in [7, 11) is 0. The highest BCUT2D eigenvalue weighted by molar-refractivity contribution is 6.31. The van der Waals surface area contributed by atoms with Crippen LogP contribution in [0.3, 0.4) is 0 Å². The fraction of sp³-hybridized carbons (Fsp3) is 0.615. The number of halogens is 1. The number of hydrogen-bond acceptors (Lipinski definition) is 3. The molecule has 0 spiro atoms. The molecule has 0 bridgehead atoms. The van der Waals surface area contributed by atoms with Crippen LogP contribution in [0.1, 0.15) is 40.3 Å². The molecule has 0 aliphatic rings. The van der Waals surface area contributed by atoms with E-state index in [4.69, 9.17) is 16.3 Å². The zero-order chi connectivity index (χ0) is 13.1. The van der Waals surface area contributed by atoms with Crippen molar-refractivity contribution in [2.45, 2.75) is 52.8 Å². The SMILES string of the molecule is CC(C)NCc1nc(OC(C)(C)C)ccc1Cl. The molecule has 0 radical (unpaired) electrons. The lowest BCUT2D eigenvalue weighted by Crippen LogP contribution is -2.25. The Morgan fingerprint density at radius 2 is 2.00 bits per heavy atom. The third-order valence-corrected chi connectivity index (χ3v) is 2.33. The van der Waals surface area contributed by atoms with Crippen molar-refractivity contribution in [3.8, 4) is 5.88 Å². The van der Waals surface area contributed by atoms with Crippen molar-refractivity contribution in [1.29, 1.82) is 0 Å². The van der Waals surface area contributed by atoms with Gasteiger partial charge in [0.25, 0.3) is 0 Å². The second-order valence-electron chi connectivity index (χ2n) is 5.33. The number of ether oxygens (including phenoxy) is 1. The van der Waals surface area contributed by atoms with Gasteiger partial charge >= 0.3 is 0 Å². The van der Waals surface area contributed by atoms with E-state index in [2.05, 4.69) is 24.1 Å². The van der Waals surface area contributed by atoms with E-state index in [0.29, 0.717) is 23.5 Å². The van der Waals surface area contributed by atoms with Crippen LogP contribution < -0.4 is 10.1 Å². The lowest BCUT2D eigenvalue weighted by atomic mass is 10.2. The largest absolute Gasteiger partial charge is 0.472 e. The molecule has 0 aliphatic carbocycles. The first-order valence-corrected chi connectivity index (χ1v) is 6.23. The molecule has 0 aliphatic heterocycles. The zero-order valence-corrected chi connectivity index (χ0v) is 11.9. The highest BCUT2D eigenvalue weighted by Gasteiger charge is 2.14. The molecule has 0 amide bonds. The van der Waals surface area contributed by atoms with E-state index in [9.17, 15) is 0 Å². The van der Waals surface area contributed by atoms with Gasteiger partial charge in [-0.2, -0.15) is 0 Å². The van der Waals surface area contributed by atoms with Crippen LogP contribution in [-0.2, 0) is 6.54 Å². The molecule has 1 heterocycles. The number of nitrogens with zero attached hydrogens (tertiary/aromatic N) is 1. The molecule has 0 fully saturated rings. The third kappa shape index (κ3) is 5.37. The van der Waals surface area contributed by atoms with Crippen molar-refractivity contribution in [1.82, 2.24) is 10.3 Å². The first-order chi connectivity index (χ1) is 7.78. The molecule has 4 heteroatoms. The zero-order valence-electron chi connectivity index (χ0n) is 11.2. The summed E-state index contributed by atoms with van der Waals surface area (Å²) < 4.78 is 5.71. The summed E-state index contributed by atoms with van der Waals surface area (Å²) in [6.07, 6.45) is 0. The third-order valence-electron chi connectivity index (χ3n) is 1.98. The maximum Gasteiger partial charge on any atom is 0.214 e. The Morgan fingerprint density at radius 3 is 2.53 bits per heavy atom. The number of nitrogens with one attached hydrogen (secondary N) is 1. The van der Waals surface area contributed by atoms with Crippen LogP contribution in [0.2, 0.25) is 5.02 Å². The molecule has 1 N–H and O–H groups in total. The maximum atomic E-state index is 6.09. The molecule has 17 heavy (non-hydrogen) atoms. The van der Waals surface area contributed by atoms with Crippen LogP contribution in [0.4, 0.5) is 0 Å². The molecule has 0 aromatic carbocycles. The summed E-state index contributed by atoms with van der Waals surface area (Å²) in [5.41, 5.74) is 0.575. The van der Waals surface area contributed by atoms with Crippen LogP contribution >= 0.6 is 11.6 Å². The second-order valence-corrected chi connectivity index (χ2v) is 5.74. The molecular formula is C13H21ClN2O. The Balaban J connectivity index is 2.79. The number of hydrogen-bond donors (Lipinski definition) is 1. The molecule has 1 rings (SSSR count). The standard InChI is InChI=1S/C13H21ClN2O/c1-9(2)15-8-11-10(14)6-7-12(16-11)17-13(3,4)5/h6-7,9,15H,8H2,1-5H3. The first-order valence-electron chi connectivity index (χ1n) is 5.86. The minimum Gasteiger partial charge on any atom is -0.472 e. The predicted molar refractivity (Wildman–Crippen MR) is 71.6 cm³/mol. The van der Waals surface area contributed by atoms with Gasteiger partial charge in [0.15, 0.2) is 0 Å². The van der Waals surface area contributed by atoms with Gasteiger partial charge in [-0.1, -0.05) is 25.4 Å². The normalized spacial score (nSPS) is 11.9. The summed E-state index contributed by atoms with van der Waals surface area (Å²) in [5, 5.41) is 3.96. The number of rotatable bonds is 4. The topological polar surface area (TPSA) is 34.2 Å². The van der Waals surface area contributed by atoms with Crippen molar-refractivity contribution in [3.05, 3.63) is 22.8 Å². The smallest absolute Gasteiger partial charge is 0.214 e. The van der Waals surface area contributed by atoms with Gasteiger partial charge in [0.05, 0.1) is 10.7 Å². The minimum atomic E-state index is -0.246. The van der Waals surface area contributed by atoms with Crippen LogP contribution in [0, 0.1) is 0 Å².